The Morgan fingerprint density at radius 1 is 0.519 bits per heavy atom. The summed E-state index contributed by atoms with van der Waals surface area (Å²) in [6.45, 7) is 8.54. The highest BCUT2D eigenvalue weighted by molar-refractivity contribution is 6.15. The van der Waals surface area contributed by atoms with Gasteiger partial charge in [-0.2, -0.15) is 0 Å². The van der Waals surface area contributed by atoms with Crippen LogP contribution in [0, 0.1) is 27.7 Å². The molecule has 1 aliphatic carbocycles. The van der Waals surface area contributed by atoms with Crippen LogP contribution in [0.25, 0.3) is 21.5 Å². The van der Waals surface area contributed by atoms with Gasteiger partial charge in [-0.05, 0) is 101 Å². The van der Waals surface area contributed by atoms with Gasteiger partial charge < -0.3 is 0 Å². The molecule has 0 unspecified atom stereocenters. The second-order valence-corrected chi connectivity index (χ2v) is 8.09. The number of carbonyl (C=O) groups is 1. The number of rotatable bonds is 0. The van der Waals surface area contributed by atoms with E-state index in [1.54, 1.807) is 0 Å². The van der Waals surface area contributed by atoms with Crippen LogP contribution in [0.4, 0.5) is 0 Å². The molecule has 5 rings (SSSR count). The number of aryl methyl sites for hydroxylation is 4. The van der Waals surface area contributed by atoms with E-state index >= 15 is 0 Å². The summed E-state index contributed by atoms with van der Waals surface area (Å²) in [6, 6.07) is 17.5. The SMILES string of the molecule is Cc1cc2cc3c(cc2cc1C)C(=O)c1cc2cc(C)c(C)cc2cc1C3. The molecule has 4 aromatic rings. The number of hydrogen-bond donors (Lipinski definition) is 0. The highest BCUT2D eigenvalue weighted by Crippen LogP contribution is 2.34. The van der Waals surface area contributed by atoms with Crippen LogP contribution in [0.2, 0.25) is 0 Å². The standard InChI is InChI=1S/C26H22O/c1-14-5-18-9-22-11-23-10-19-6-15(2)17(4)8-21(19)13-25(23)26(27)24(22)12-20(18)7-16(14)3/h5-10,12-13H,11H2,1-4H3. The Balaban J connectivity index is 1.74. The van der Waals surface area contributed by atoms with E-state index < -0.39 is 0 Å². The van der Waals surface area contributed by atoms with Crippen LogP contribution in [0.3, 0.4) is 0 Å². The maximum Gasteiger partial charge on any atom is 0.193 e. The third-order valence-electron chi connectivity index (χ3n) is 6.22. The van der Waals surface area contributed by atoms with Gasteiger partial charge in [0.05, 0.1) is 0 Å². The smallest absolute Gasteiger partial charge is 0.193 e. The van der Waals surface area contributed by atoms with Crippen LogP contribution in [0.1, 0.15) is 49.3 Å². The second kappa shape index (κ2) is 5.53. The Bertz CT molecular complexity index is 1190. The van der Waals surface area contributed by atoms with Crippen LogP contribution in [0.5, 0.6) is 0 Å². The molecule has 0 amide bonds. The minimum Gasteiger partial charge on any atom is -0.289 e. The molecule has 0 bridgehead atoms. The Kier molecular flexibility index (Phi) is 3.33. The summed E-state index contributed by atoms with van der Waals surface area (Å²) in [4.78, 5) is 13.3. The first kappa shape index (κ1) is 16.3. The summed E-state index contributed by atoms with van der Waals surface area (Å²) in [5, 5.41) is 4.75. The molecule has 0 heterocycles. The van der Waals surface area contributed by atoms with Crippen molar-refractivity contribution < 1.29 is 4.79 Å². The normalized spacial score (nSPS) is 13.1. The number of benzene rings is 4. The Morgan fingerprint density at radius 2 is 0.852 bits per heavy atom. The predicted octanol–water partition coefficient (Wildman–Crippen LogP) is 6.36. The summed E-state index contributed by atoms with van der Waals surface area (Å²) < 4.78 is 0. The van der Waals surface area contributed by atoms with Crippen molar-refractivity contribution in [2.24, 2.45) is 0 Å². The number of hydrogen-bond acceptors (Lipinski definition) is 1. The molecule has 4 aromatic carbocycles. The minimum atomic E-state index is 0.159. The van der Waals surface area contributed by atoms with Crippen molar-refractivity contribution >= 4 is 27.3 Å². The molecule has 0 aromatic heterocycles. The predicted molar refractivity (Wildman–Crippen MR) is 113 cm³/mol. The lowest BCUT2D eigenvalue weighted by Crippen LogP contribution is -2.15. The van der Waals surface area contributed by atoms with Crippen molar-refractivity contribution in [2.45, 2.75) is 34.1 Å². The van der Waals surface area contributed by atoms with Gasteiger partial charge in [-0.15, -0.1) is 0 Å². The van der Waals surface area contributed by atoms with E-state index in [9.17, 15) is 4.79 Å². The summed E-state index contributed by atoms with van der Waals surface area (Å²) in [5.41, 5.74) is 9.13. The van der Waals surface area contributed by atoms with E-state index in [0.29, 0.717) is 0 Å². The highest BCUT2D eigenvalue weighted by Gasteiger charge is 2.24. The molecule has 1 nitrogen and oxygen atoms in total. The van der Waals surface area contributed by atoms with Gasteiger partial charge in [0.15, 0.2) is 5.78 Å². The Morgan fingerprint density at radius 3 is 1.22 bits per heavy atom. The fourth-order valence-electron chi connectivity index (χ4n) is 4.31. The lowest BCUT2D eigenvalue weighted by molar-refractivity contribution is 0.103. The lowest BCUT2D eigenvalue weighted by atomic mass is 9.82. The molecule has 0 N–H and O–H groups in total. The maximum absolute atomic E-state index is 13.3. The van der Waals surface area contributed by atoms with Crippen LogP contribution < -0.4 is 0 Å². The minimum absolute atomic E-state index is 0.159. The first-order valence-corrected chi connectivity index (χ1v) is 9.53. The monoisotopic (exact) mass is 350 g/mol. The molecular formula is C26H22O. The average Bonchev–Trinajstić information content (AvgIpc) is 2.62. The molecule has 0 saturated carbocycles. The van der Waals surface area contributed by atoms with Crippen molar-refractivity contribution in [1.29, 1.82) is 0 Å². The van der Waals surface area contributed by atoms with E-state index in [1.165, 1.54) is 33.0 Å². The van der Waals surface area contributed by atoms with Gasteiger partial charge in [-0.3, -0.25) is 4.79 Å². The van der Waals surface area contributed by atoms with Crippen LogP contribution >= 0.6 is 0 Å². The lowest BCUT2D eigenvalue weighted by Gasteiger charge is -2.21. The Labute approximate surface area is 159 Å². The molecule has 1 heteroatoms. The molecule has 0 fully saturated rings. The fraction of sp³-hybridized carbons (Fsp3) is 0.192. The summed E-state index contributed by atoms with van der Waals surface area (Å²) in [5.74, 6) is 0.159. The average molecular weight is 350 g/mol. The summed E-state index contributed by atoms with van der Waals surface area (Å²) in [6.07, 6.45) is 0.822. The fourth-order valence-corrected chi connectivity index (χ4v) is 4.31. The number of carbonyl (C=O) groups excluding carboxylic acids is 1. The van der Waals surface area contributed by atoms with Gasteiger partial charge in [0, 0.05) is 11.1 Å². The zero-order valence-electron chi connectivity index (χ0n) is 16.2. The van der Waals surface area contributed by atoms with Gasteiger partial charge in [-0.25, -0.2) is 0 Å². The molecule has 0 saturated heterocycles. The van der Waals surface area contributed by atoms with E-state index in [0.717, 1.165) is 39.4 Å². The zero-order valence-corrected chi connectivity index (χ0v) is 16.2. The van der Waals surface area contributed by atoms with Crippen molar-refractivity contribution in [3.63, 3.8) is 0 Å². The maximum atomic E-state index is 13.3. The molecule has 0 atom stereocenters. The molecular weight excluding hydrogens is 328 g/mol. The van der Waals surface area contributed by atoms with Crippen molar-refractivity contribution in [1.82, 2.24) is 0 Å². The number of fused-ring (bicyclic) bond motifs is 4. The molecule has 0 spiro atoms. The first-order chi connectivity index (χ1) is 12.9. The zero-order chi connectivity index (χ0) is 18.9. The third kappa shape index (κ3) is 2.42. The third-order valence-corrected chi connectivity index (χ3v) is 6.22. The quantitative estimate of drug-likeness (QED) is 0.317. The van der Waals surface area contributed by atoms with Gasteiger partial charge in [-0.1, -0.05) is 36.4 Å². The molecule has 27 heavy (non-hydrogen) atoms. The molecule has 0 aliphatic heterocycles. The van der Waals surface area contributed by atoms with Crippen molar-refractivity contribution in [2.75, 3.05) is 0 Å². The van der Waals surface area contributed by atoms with Gasteiger partial charge in [0.1, 0.15) is 0 Å². The Hall–Kier alpha value is -2.93. The molecule has 132 valence electrons. The van der Waals surface area contributed by atoms with E-state index in [4.69, 9.17) is 0 Å². The summed E-state index contributed by atoms with van der Waals surface area (Å²) in [7, 11) is 0. The van der Waals surface area contributed by atoms with E-state index in [2.05, 4.69) is 76.2 Å². The van der Waals surface area contributed by atoms with Gasteiger partial charge in [0.2, 0.25) is 0 Å². The topological polar surface area (TPSA) is 17.1 Å². The van der Waals surface area contributed by atoms with Crippen LogP contribution in [0.15, 0.2) is 48.5 Å². The van der Waals surface area contributed by atoms with Crippen molar-refractivity contribution in [3.05, 3.63) is 93.0 Å². The van der Waals surface area contributed by atoms with Gasteiger partial charge in [0.25, 0.3) is 0 Å². The van der Waals surface area contributed by atoms with Crippen LogP contribution in [-0.2, 0) is 6.42 Å². The van der Waals surface area contributed by atoms with E-state index in [-0.39, 0.29) is 5.78 Å². The number of ketones is 1. The molecule has 0 radical (unpaired) electrons. The van der Waals surface area contributed by atoms with Gasteiger partial charge >= 0.3 is 0 Å². The van der Waals surface area contributed by atoms with Crippen LogP contribution in [-0.4, -0.2) is 5.78 Å². The highest BCUT2D eigenvalue weighted by atomic mass is 16.1. The van der Waals surface area contributed by atoms with Crippen molar-refractivity contribution in [3.8, 4) is 0 Å². The largest absolute Gasteiger partial charge is 0.289 e. The second-order valence-electron chi connectivity index (χ2n) is 8.09. The molecule has 1 aliphatic rings. The summed E-state index contributed by atoms with van der Waals surface area (Å²) >= 11 is 0. The first-order valence-electron chi connectivity index (χ1n) is 9.53. The van der Waals surface area contributed by atoms with E-state index in [1.807, 2.05) is 0 Å².